The van der Waals surface area contributed by atoms with Crippen molar-refractivity contribution in [3.63, 3.8) is 0 Å². The predicted molar refractivity (Wildman–Crippen MR) is 75.8 cm³/mol. The molecule has 0 saturated carbocycles. The first-order valence-corrected chi connectivity index (χ1v) is 6.78. The van der Waals surface area contributed by atoms with Gasteiger partial charge in [0.1, 0.15) is 0 Å². The number of carbonyl (C=O) groups is 1. The Hall–Kier alpha value is -1.95. The minimum Gasteiger partial charge on any atom is -0.348 e. The third-order valence-electron chi connectivity index (χ3n) is 3.73. The van der Waals surface area contributed by atoms with Crippen LogP contribution in [-0.4, -0.2) is 29.5 Å². The Morgan fingerprint density at radius 3 is 2.85 bits per heavy atom. The van der Waals surface area contributed by atoms with Crippen LogP contribution in [-0.2, 0) is 0 Å². The van der Waals surface area contributed by atoms with Crippen molar-refractivity contribution in [1.82, 2.24) is 10.6 Å². The Kier molecular flexibility index (Phi) is 4.34. The highest BCUT2D eigenvalue weighted by molar-refractivity contribution is 5.95. The van der Waals surface area contributed by atoms with Gasteiger partial charge >= 0.3 is 0 Å². The van der Waals surface area contributed by atoms with E-state index in [1.807, 2.05) is 6.92 Å². The summed E-state index contributed by atoms with van der Waals surface area (Å²) in [5.74, 6) is -0.177. The Balaban J connectivity index is 2.09. The Morgan fingerprint density at radius 2 is 2.25 bits per heavy atom. The Labute approximate surface area is 117 Å². The minimum absolute atomic E-state index is 0.0363. The number of hydrogen-bond acceptors (Lipinski definition) is 4. The van der Waals surface area contributed by atoms with Gasteiger partial charge in [-0.1, -0.05) is 0 Å². The van der Waals surface area contributed by atoms with E-state index >= 15 is 0 Å². The zero-order valence-electron chi connectivity index (χ0n) is 11.7. The summed E-state index contributed by atoms with van der Waals surface area (Å²) in [7, 11) is 0. The third kappa shape index (κ3) is 3.14. The molecule has 2 atom stereocenters. The normalized spacial score (nSPS) is 22.3. The smallest absolute Gasteiger partial charge is 0.272 e. The van der Waals surface area contributed by atoms with Gasteiger partial charge in [0.2, 0.25) is 0 Å². The van der Waals surface area contributed by atoms with Crippen molar-refractivity contribution in [2.24, 2.45) is 0 Å². The second-order valence-corrected chi connectivity index (χ2v) is 5.22. The summed E-state index contributed by atoms with van der Waals surface area (Å²) in [5.41, 5.74) is 0.998. The van der Waals surface area contributed by atoms with Gasteiger partial charge in [0.15, 0.2) is 0 Å². The summed E-state index contributed by atoms with van der Waals surface area (Å²) in [5, 5.41) is 17.1. The zero-order chi connectivity index (χ0) is 14.7. The van der Waals surface area contributed by atoms with Gasteiger partial charge in [0, 0.05) is 29.3 Å². The highest BCUT2D eigenvalue weighted by atomic mass is 16.6. The third-order valence-corrected chi connectivity index (χ3v) is 3.73. The Morgan fingerprint density at radius 1 is 1.50 bits per heavy atom. The highest BCUT2D eigenvalue weighted by Crippen LogP contribution is 2.19. The summed E-state index contributed by atoms with van der Waals surface area (Å²) in [4.78, 5) is 22.5. The molecule has 1 aromatic rings. The van der Waals surface area contributed by atoms with E-state index in [2.05, 4.69) is 10.6 Å². The molecule has 2 unspecified atom stereocenters. The second-order valence-electron chi connectivity index (χ2n) is 5.22. The first kappa shape index (κ1) is 14.5. The molecule has 1 aliphatic heterocycles. The molecular weight excluding hydrogens is 258 g/mol. The summed E-state index contributed by atoms with van der Waals surface area (Å²) in [6.07, 6.45) is 1.99. The molecule has 6 nitrogen and oxygen atoms in total. The molecule has 0 radical (unpaired) electrons. The van der Waals surface area contributed by atoms with Gasteiger partial charge in [-0.2, -0.15) is 0 Å². The molecular formula is C14H19N3O3. The van der Waals surface area contributed by atoms with E-state index in [0.717, 1.165) is 19.4 Å². The van der Waals surface area contributed by atoms with Crippen LogP contribution in [0.25, 0.3) is 0 Å². The number of hydrogen-bond donors (Lipinski definition) is 2. The van der Waals surface area contributed by atoms with Gasteiger partial charge < -0.3 is 10.6 Å². The molecule has 108 valence electrons. The van der Waals surface area contributed by atoms with Crippen LogP contribution >= 0.6 is 0 Å². The van der Waals surface area contributed by atoms with Crippen LogP contribution in [0.1, 0.15) is 35.7 Å². The number of nitro benzene ring substituents is 1. The van der Waals surface area contributed by atoms with E-state index in [-0.39, 0.29) is 23.7 Å². The number of amides is 1. The topological polar surface area (TPSA) is 84.3 Å². The summed E-state index contributed by atoms with van der Waals surface area (Å²) in [6.45, 7) is 4.66. The van der Waals surface area contributed by atoms with E-state index in [1.165, 1.54) is 12.1 Å². The summed E-state index contributed by atoms with van der Waals surface area (Å²) < 4.78 is 0. The molecule has 6 heteroatoms. The zero-order valence-corrected chi connectivity index (χ0v) is 11.7. The largest absolute Gasteiger partial charge is 0.348 e. The van der Waals surface area contributed by atoms with Crippen molar-refractivity contribution in [1.29, 1.82) is 0 Å². The average molecular weight is 277 g/mol. The summed E-state index contributed by atoms with van der Waals surface area (Å²) >= 11 is 0. The van der Waals surface area contributed by atoms with Crippen LogP contribution in [0.4, 0.5) is 5.69 Å². The molecule has 1 heterocycles. The SMILES string of the molecule is Cc1cc(C(=O)NC2CCCNC2C)ccc1[N+](=O)[O-]. The lowest BCUT2D eigenvalue weighted by molar-refractivity contribution is -0.385. The fourth-order valence-electron chi connectivity index (χ4n) is 2.49. The van der Waals surface area contributed by atoms with E-state index in [1.54, 1.807) is 13.0 Å². The van der Waals surface area contributed by atoms with E-state index in [4.69, 9.17) is 0 Å². The average Bonchev–Trinajstić information content (AvgIpc) is 2.40. The van der Waals surface area contributed by atoms with Gasteiger partial charge in [0.05, 0.1) is 4.92 Å². The highest BCUT2D eigenvalue weighted by Gasteiger charge is 2.23. The lowest BCUT2D eigenvalue weighted by atomic mass is 9.99. The number of aryl methyl sites for hydroxylation is 1. The van der Waals surface area contributed by atoms with Crippen LogP contribution in [0, 0.1) is 17.0 Å². The minimum atomic E-state index is -0.440. The van der Waals surface area contributed by atoms with Gasteiger partial charge in [-0.05, 0) is 45.4 Å². The van der Waals surface area contributed by atoms with E-state index in [9.17, 15) is 14.9 Å². The molecule has 1 aliphatic rings. The van der Waals surface area contributed by atoms with Crippen molar-refractivity contribution in [2.45, 2.75) is 38.8 Å². The first-order chi connectivity index (χ1) is 9.49. The van der Waals surface area contributed by atoms with Crippen molar-refractivity contribution in [3.8, 4) is 0 Å². The number of rotatable bonds is 3. The molecule has 2 N–H and O–H groups in total. The maximum atomic E-state index is 12.2. The van der Waals surface area contributed by atoms with Crippen molar-refractivity contribution >= 4 is 11.6 Å². The molecule has 2 rings (SSSR count). The Bertz CT molecular complexity index is 530. The maximum absolute atomic E-state index is 12.2. The van der Waals surface area contributed by atoms with Crippen LogP contribution in [0.3, 0.4) is 0 Å². The molecule has 1 fully saturated rings. The predicted octanol–water partition coefficient (Wildman–Crippen LogP) is 1.77. The number of nitrogens with zero attached hydrogens (tertiary/aromatic N) is 1. The molecule has 1 amide bonds. The molecule has 0 spiro atoms. The molecule has 1 saturated heterocycles. The van der Waals surface area contributed by atoms with Crippen LogP contribution < -0.4 is 10.6 Å². The number of carbonyl (C=O) groups excluding carboxylic acids is 1. The summed E-state index contributed by atoms with van der Waals surface area (Å²) in [6, 6.07) is 4.79. The fraction of sp³-hybridized carbons (Fsp3) is 0.500. The molecule has 0 bridgehead atoms. The van der Waals surface area contributed by atoms with Gasteiger partial charge in [-0.15, -0.1) is 0 Å². The monoisotopic (exact) mass is 277 g/mol. The molecule has 0 aliphatic carbocycles. The van der Waals surface area contributed by atoms with Gasteiger partial charge in [0.25, 0.3) is 11.6 Å². The van der Waals surface area contributed by atoms with Crippen LogP contribution in [0.5, 0.6) is 0 Å². The van der Waals surface area contributed by atoms with Crippen molar-refractivity contribution in [2.75, 3.05) is 6.54 Å². The number of piperidine rings is 1. The first-order valence-electron chi connectivity index (χ1n) is 6.78. The van der Waals surface area contributed by atoms with Crippen molar-refractivity contribution in [3.05, 3.63) is 39.4 Å². The maximum Gasteiger partial charge on any atom is 0.272 e. The molecule has 0 aromatic heterocycles. The lowest BCUT2D eigenvalue weighted by Crippen LogP contribution is -2.51. The standard InChI is InChI=1S/C14H19N3O3/c1-9-8-11(5-6-13(9)17(19)20)14(18)16-12-4-3-7-15-10(12)2/h5-6,8,10,12,15H,3-4,7H2,1-2H3,(H,16,18). The molecule has 1 aromatic carbocycles. The number of nitrogens with one attached hydrogen (secondary N) is 2. The number of benzene rings is 1. The van der Waals surface area contributed by atoms with Crippen LogP contribution in [0.15, 0.2) is 18.2 Å². The van der Waals surface area contributed by atoms with Crippen molar-refractivity contribution < 1.29 is 9.72 Å². The van der Waals surface area contributed by atoms with Crippen LogP contribution in [0.2, 0.25) is 0 Å². The van der Waals surface area contributed by atoms with Gasteiger partial charge in [-0.3, -0.25) is 14.9 Å². The fourth-order valence-corrected chi connectivity index (χ4v) is 2.49. The lowest BCUT2D eigenvalue weighted by Gasteiger charge is -2.30. The van der Waals surface area contributed by atoms with E-state index in [0.29, 0.717) is 11.1 Å². The molecule has 20 heavy (non-hydrogen) atoms. The number of nitro groups is 1. The quantitative estimate of drug-likeness (QED) is 0.651. The van der Waals surface area contributed by atoms with E-state index < -0.39 is 4.92 Å². The van der Waals surface area contributed by atoms with Gasteiger partial charge in [-0.25, -0.2) is 0 Å². The second kappa shape index (κ2) is 6.00.